The first-order valence-electron chi connectivity index (χ1n) is 6.49. The third kappa shape index (κ3) is 4.42. The van der Waals surface area contributed by atoms with Gasteiger partial charge in [0.15, 0.2) is 0 Å². The minimum absolute atomic E-state index is 0.133. The van der Waals surface area contributed by atoms with Gasteiger partial charge >= 0.3 is 5.97 Å². The van der Waals surface area contributed by atoms with Crippen LogP contribution in [0.3, 0.4) is 0 Å². The second-order valence-corrected chi connectivity index (χ2v) is 5.54. The smallest absolute Gasteiger partial charge is 0.326 e. The molecule has 0 aliphatic heterocycles. The predicted molar refractivity (Wildman–Crippen MR) is 77.2 cm³/mol. The fourth-order valence-electron chi connectivity index (χ4n) is 1.89. The molecule has 0 fully saturated rings. The lowest BCUT2D eigenvalue weighted by Crippen LogP contribution is -2.42. The highest BCUT2D eigenvalue weighted by Crippen LogP contribution is 2.14. The summed E-state index contributed by atoms with van der Waals surface area (Å²) in [4.78, 5) is 28.2. The first-order chi connectivity index (χ1) is 10.1. The van der Waals surface area contributed by atoms with Crippen LogP contribution in [0.25, 0.3) is 0 Å². The molecular formula is C14H16N2O4S. The summed E-state index contributed by atoms with van der Waals surface area (Å²) in [6.07, 6.45) is 2.41. The lowest BCUT2D eigenvalue weighted by atomic mass is 10.1. The highest BCUT2D eigenvalue weighted by atomic mass is 32.1. The topological polar surface area (TPSA) is 92.4 Å². The third-order valence-corrected chi connectivity index (χ3v) is 4.04. The van der Waals surface area contributed by atoms with E-state index in [9.17, 15) is 9.59 Å². The fourth-order valence-corrected chi connectivity index (χ4v) is 2.67. The molecule has 2 aromatic rings. The first kappa shape index (κ1) is 15.2. The van der Waals surface area contributed by atoms with Crippen molar-refractivity contribution in [2.24, 2.45) is 0 Å². The molecule has 6 nitrogen and oxygen atoms in total. The van der Waals surface area contributed by atoms with Crippen LogP contribution in [-0.4, -0.2) is 28.0 Å². The van der Waals surface area contributed by atoms with Crippen molar-refractivity contribution in [1.29, 1.82) is 0 Å². The number of nitrogens with zero attached hydrogens (tertiary/aromatic N) is 1. The SMILES string of the molecule is Cc1ncsc1CCC(=O)N[C@H](Cc1ccco1)C(=O)O. The van der Waals surface area contributed by atoms with Gasteiger partial charge in [0.25, 0.3) is 0 Å². The maximum atomic E-state index is 11.9. The molecule has 21 heavy (non-hydrogen) atoms. The Labute approximate surface area is 125 Å². The Morgan fingerprint density at radius 2 is 2.33 bits per heavy atom. The van der Waals surface area contributed by atoms with E-state index in [-0.39, 0.29) is 18.7 Å². The minimum atomic E-state index is -1.08. The summed E-state index contributed by atoms with van der Waals surface area (Å²) in [6.45, 7) is 1.89. The molecule has 2 N–H and O–H groups in total. The first-order valence-corrected chi connectivity index (χ1v) is 7.37. The van der Waals surface area contributed by atoms with E-state index < -0.39 is 12.0 Å². The lowest BCUT2D eigenvalue weighted by Gasteiger charge is -2.13. The van der Waals surface area contributed by atoms with Gasteiger partial charge in [-0.25, -0.2) is 9.78 Å². The van der Waals surface area contributed by atoms with Crippen LogP contribution < -0.4 is 5.32 Å². The van der Waals surface area contributed by atoms with Crippen molar-refractivity contribution in [2.45, 2.75) is 32.2 Å². The van der Waals surface area contributed by atoms with Gasteiger partial charge in [0.2, 0.25) is 5.91 Å². The number of hydrogen-bond acceptors (Lipinski definition) is 5. The van der Waals surface area contributed by atoms with E-state index in [1.54, 1.807) is 17.6 Å². The van der Waals surface area contributed by atoms with Crippen LogP contribution in [0.5, 0.6) is 0 Å². The summed E-state index contributed by atoms with van der Waals surface area (Å²) in [5.41, 5.74) is 2.65. The number of amides is 1. The minimum Gasteiger partial charge on any atom is -0.480 e. The van der Waals surface area contributed by atoms with E-state index >= 15 is 0 Å². The van der Waals surface area contributed by atoms with E-state index in [0.717, 1.165) is 10.6 Å². The monoisotopic (exact) mass is 308 g/mol. The quantitative estimate of drug-likeness (QED) is 0.813. The average molecular weight is 308 g/mol. The van der Waals surface area contributed by atoms with E-state index in [1.807, 2.05) is 6.92 Å². The summed E-state index contributed by atoms with van der Waals surface area (Å²) in [5, 5.41) is 11.7. The molecule has 0 aliphatic carbocycles. The maximum absolute atomic E-state index is 11.9. The number of furan rings is 1. The summed E-state index contributed by atoms with van der Waals surface area (Å²) >= 11 is 1.50. The van der Waals surface area contributed by atoms with Gasteiger partial charge in [-0.15, -0.1) is 11.3 Å². The molecule has 0 bridgehead atoms. The van der Waals surface area contributed by atoms with Crippen molar-refractivity contribution in [3.05, 3.63) is 40.2 Å². The number of nitrogens with one attached hydrogen (secondary N) is 1. The van der Waals surface area contributed by atoms with Crippen LogP contribution in [0.15, 0.2) is 28.3 Å². The van der Waals surface area contributed by atoms with Crippen molar-refractivity contribution in [2.75, 3.05) is 0 Å². The van der Waals surface area contributed by atoms with E-state index in [1.165, 1.54) is 17.6 Å². The number of thiazole rings is 1. The number of aryl methyl sites for hydroxylation is 2. The van der Waals surface area contributed by atoms with Crippen LogP contribution in [0.4, 0.5) is 0 Å². The molecule has 1 amide bonds. The number of aliphatic carboxylic acids is 1. The van der Waals surface area contributed by atoms with Crippen LogP contribution in [0.2, 0.25) is 0 Å². The van der Waals surface area contributed by atoms with Crippen molar-refractivity contribution < 1.29 is 19.1 Å². The number of carbonyl (C=O) groups is 2. The second-order valence-electron chi connectivity index (χ2n) is 4.60. The van der Waals surface area contributed by atoms with Gasteiger partial charge in [-0.3, -0.25) is 4.79 Å². The lowest BCUT2D eigenvalue weighted by molar-refractivity contribution is -0.141. The summed E-state index contributed by atoms with van der Waals surface area (Å²) < 4.78 is 5.11. The van der Waals surface area contributed by atoms with Crippen LogP contribution in [0.1, 0.15) is 22.8 Å². The van der Waals surface area contributed by atoms with Gasteiger partial charge in [0, 0.05) is 17.7 Å². The second kappa shape index (κ2) is 7.03. The summed E-state index contributed by atoms with van der Waals surface area (Å²) in [6, 6.07) is 2.39. The number of hydrogen-bond donors (Lipinski definition) is 2. The van der Waals surface area contributed by atoms with Crippen molar-refractivity contribution in [3.63, 3.8) is 0 Å². The zero-order valence-electron chi connectivity index (χ0n) is 11.5. The molecular weight excluding hydrogens is 292 g/mol. The van der Waals surface area contributed by atoms with Crippen LogP contribution >= 0.6 is 11.3 Å². The predicted octanol–water partition coefficient (Wildman–Crippen LogP) is 1.79. The molecule has 0 unspecified atom stereocenters. The maximum Gasteiger partial charge on any atom is 0.326 e. The van der Waals surface area contributed by atoms with Gasteiger partial charge in [-0.1, -0.05) is 0 Å². The molecule has 2 aromatic heterocycles. The molecule has 2 heterocycles. The molecule has 7 heteroatoms. The average Bonchev–Trinajstić information content (AvgIpc) is 3.07. The molecule has 112 valence electrons. The van der Waals surface area contributed by atoms with Gasteiger partial charge in [-0.2, -0.15) is 0 Å². The van der Waals surface area contributed by atoms with Crippen molar-refractivity contribution in [3.8, 4) is 0 Å². The highest BCUT2D eigenvalue weighted by Gasteiger charge is 2.21. The van der Waals surface area contributed by atoms with Crippen molar-refractivity contribution in [1.82, 2.24) is 10.3 Å². The summed E-state index contributed by atoms with van der Waals surface area (Å²) in [5.74, 6) is -0.837. The molecule has 0 saturated carbocycles. The number of carboxylic acid groups (broad SMARTS) is 1. The Hall–Kier alpha value is -2.15. The zero-order valence-corrected chi connectivity index (χ0v) is 12.4. The molecule has 0 saturated heterocycles. The number of carbonyl (C=O) groups excluding carboxylic acids is 1. The van der Waals surface area contributed by atoms with Crippen LogP contribution in [0, 0.1) is 6.92 Å². The van der Waals surface area contributed by atoms with E-state index in [4.69, 9.17) is 9.52 Å². The molecule has 1 atom stereocenters. The number of aromatic nitrogens is 1. The molecule has 0 spiro atoms. The van der Waals surface area contributed by atoms with Crippen LogP contribution in [-0.2, 0) is 22.4 Å². The standard InChI is InChI=1S/C14H16N2O4S/c1-9-12(21-8-15-9)4-5-13(17)16-11(14(18)19)7-10-3-2-6-20-10/h2-3,6,8,11H,4-5,7H2,1H3,(H,16,17)(H,18,19)/t11-/m1/s1. The largest absolute Gasteiger partial charge is 0.480 e. The van der Waals surface area contributed by atoms with Gasteiger partial charge in [0.05, 0.1) is 17.5 Å². The Morgan fingerprint density at radius 1 is 1.52 bits per heavy atom. The molecule has 0 aliphatic rings. The Kier molecular flexibility index (Phi) is 5.10. The van der Waals surface area contributed by atoms with Gasteiger partial charge in [-0.05, 0) is 25.5 Å². The van der Waals surface area contributed by atoms with Crippen molar-refractivity contribution >= 4 is 23.2 Å². The number of carboxylic acids is 1. The Balaban J connectivity index is 1.86. The van der Waals surface area contributed by atoms with E-state index in [0.29, 0.717) is 12.2 Å². The normalized spacial score (nSPS) is 12.0. The Morgan fingerprint density at radius 3 is 2.90 bits per heavy atom. The highest BCUT2D eigenvalue weighted by molar-refractivity contribution is 7.09. The molecule has 0 aromatic carbocycles. The zero-order chi connectivity index (χ0) is 15.2. The third-order valence-electron chi connectivity index (χ3n) is 3.04. The summed E-state index contributed by atoms with van der Waals surface area (Å²) in [7, 11) is 0. The fraction of sp³-hybridized carbons (Fsp3) is 0.357. The van der Waals surface area contributed by atoms with Gasteiger partial charge < -0.3 is 14.8 Å². The molecule has 2 rings (SSSR count). The van der Waals surface area contributed by atoms with E-state index in [2.05, 4.69) is 10.3 Å². The number of rotatable bonds is 7. The molecule has 0 radical (unpaired) electrons. The Bertz CT molecular complexity index is 606. The van der Waals surface area contributed by atoms with Gasteiger partial charge in [0.1, 0.15) is 11.8 Å².